The van der Waals surface area contributed by atoms with Crippen LogP contribution in [0.2, 0.25) is 0 Å². The van der Waals surface area contributed by atoms with Crippen molar-refractivity contribution in [2.45, 2.75) is 6.92 Å². The van der Waals surface area contributed by atoms with Crippen LogP contribution in [0.1, 0.15) is 17.3 Å². The number of ether oxygens (including phenoxy) is 1. The lowest BCUT2D eigenvalue weighted by atomic mass is 9.88. The molecule has 3 nitrogen and oxygen atoms in total. The van der Waals surface area contributed by atoms with Crippen molar-refractivity contribution in [3.63, 3.8) is 0 Å². The third kappa shape index (κ3) is 1.83. The minimum Gasteiger partial charge on any atom is -0.504 e. The number of methoxy groups -OCH3 is 1. The Hall–Kier alpha value is -1.45. The van der Waals surface area contributed by atoms with Gasteiger partial charge in [-0.05, 0) is 19.1 Å². The van der Waals surface area contributed by atoms with E-state index in [1.165, 1.54) is 26.2 Å². The van der Waals surface area contributed by atoms with Gasteiger partial charge in [0.25, 0.3) is 0 Å². The summed E-state index contributed by atoms with van der Waals surface area (Å²) in [6.45, 7) is 1.39. The lowest BCUT2D eigenvalue weighted by Crippen LogP contribution is -2.14. The Bertz CT molecular complexity index is 347. The summed E-state index contributed by atoms with van der Waals surface area (Å²) in [6.07, 6.45) is 0. The minimum absolute atomic E-state index is 0.0816. The summed E-state index contributed by atoms with van der Waals surface area (Å²) in [5.41, 5.74) is 0.612. The van der Waals surface area contributed by atoms with Gasteiger partial charge in [0.2, 0.25) is 0 Å². The van der Waals surface area contributed by atoms with Gasteiger partial charge in [-0.1, -0.05) is 5.46 Å². The number of rotatable bonds is 2. The summed E-state index contributed by atoms with van der Waals surface area (Å²) in [5.74, 6) is -0.000136. The van der Waals surface area contributed by atoms with Crippen molar-refractivity contribution in [2.75, 3.05) is 7.11 Å². The fraction of sp³-hybridized carbons (Fsp3) is 0.222. The van der Waals surface area contributed by atoms with Gasteiger partial charge in [-0.15, -0.1) is 0 Å². The Labute approximate surface area is 77.7 Å². The Morgan fingerprint density at radius 3 is 2.62 bits per heavy atom. The Kier molecular flexibility index (Phi) is 2.61. The number of hydrogen-bond acceptors (Lipinski definition) is 3. The van der Waals surface area contributed by atoms with Crippen LogP contribution in [0.25, 0.3) is 0 Å². The highest BCUT2D eigenvalue weighted by molar-refractivity contribution is 6.36. The molecule has 1 aromatic rings. The monoisotopic (exact) mass is 176 g/mol. The number of carbonyl (C=O) groups excluding carboxylic acids is 1. The molecule has 0 aliphatic heterocycles. The molecule has 0 spiro atoms. The molecule has 4 heteroatoms. The van der Waals surface area contributed by atoms with E-state index in [2.05, 4.69) is 0 Å². The van der Waals surface area contributed by atoms with E-state index >= 15 is 0 Å². The van der Waals surface area contributed by atoms with Crippen molar-refractivity contribution in [3.8, 4) is 11.5 Å². The van der Waals surface area contributed by atoms with Crippen LogP contribution in [0, 0.1) is 0 Å². The summed E-state index contributed by atoms with van der Waals surface area (Å²) in [4.78, 5) is 11.0. The molecule has 0 unspecified atom stereocenters. The fourth-order valence-electron chi connectivity index (χ4n) is 1.05. The predicted molar refractivity (Wildman–Crippen MR) is 50.1 cm³/mol. The van der Waals surface area contributed by atoms with Crippen LogP contribution < -0.4 is 10.2 Å². The molecule has 0 aliphatic carbocycles. The van der Waals surface area contributed by atoms with Gasteiger partial charge in [0.05, 0.1) is 7.11 Å². The van der Waals surface area contributed by atoms with Crippen molar-refractivity contribution in [1.29, 1.82) is 0 Å². The molecule has 0 bridgehead atoms. The summed E-state index contributed by atoms with van der Waals surface area (Å²) in [7, 11) is 6.97. The highest BCUT2D eigenvalue weighted by Crippen LogP contribution is 2.24. The van der Waals surface area contributed by atoms with Crippen LogP contribution in [0.3, 0.4) is 0 Å². The van der Waals surface area contributed by atoms with Crippen LogP contribution in [0.5, 0.6) is 11.5 Å². The molecule has 1 N–H and O–H groups in total. The number of carbonyl (C=O) groups is 1. The zero-order valence-electron chi connectivity index (χ0n) is 7.50. The number of phenolic OH excluding ortho intramolecular Hbond substituents is 1. The zero-order valence-corrected chi connectivity index (χ0v) is 7.50. The molecule has 0 aromatic heterocycles. The van der Waals surface area contributed by atoms with Crippen LogP contribution >= 0.6 is 0 Å². The molecule has 0 aliphatic rings. The lowest BCUT2D eigenvalue weighted by Gasteiger charge is -2.07. The first-order chi connectivity index (χ1) is 6.06. The van der Waals surface area contributed by atoms with E-state index in [1.54, 1.807) is 0 Å². The molecule has 66 valence electrons. The topological polar surface area (TPSA) is 46.5 Å². The third-order valence-corrected chi connectivity index (χ3v) is 1.73. The fourth-order valence-corrected chi connectivity index (χ4v) is 1.05. The van der Waals surface area contributed by atoms with Gasteiger partial charge in [0, 0.05) is 5.56 Å². The molecule has 0 saturated heterocycles. The molecular formula is C9H9BO3. The largest absolute Gasteiger partial charge is 0.504 e. The number of hydrogen-bond donors (Lipinski definition) is 1. The highest BCUT2D eigenvalue weighted by atomic mass is 16.5. The number of Topliss-reactive ketones (excluding diaryl/α,β-unsaturated/α-hetero) is 1. The summed E-state index contributed by atoms with van der Waals surface area (Å²) >= 11 is 0. The van der Waals surface area contributed by atoms with Crippen molar-refractivity contribution < 1.29 is 14.6 Å². The standard InChI is InChI=1S/C9H9BO3/c1-5(11)6-3-8(12)9(13-2)4-7(6)10/h3-4,12H,1-2H3. The summed E-state index contributed by atoms with van der Waals surface area (Å²) in [5, 5.41) is 9.33. The van der Waals surface area contributed by atoms with Gasteiger partial charge in [-0.3, -0.25) is 4.79 Å². The molecule has 0 fully saturated rings. The van der Waals surface area contributed by atoms with E-state index in [0.29, 0.717) is 11.0 Å². The van der Waals surface area contributed by atoms with E-state index in [9.17, 15) is 9.90 Å². The maximum Gasteiger partial charge on any atom is 0.159 e. The van der Waals surface area contributed by atoms with Crippen molar-refractivity contribution in [2.24, 2.45) is 0 Å². The van der Waals surface area contributed by atoms with Gasteiger partial charge in [0.15, 0.2) is 17.3 Å². The van der Waals surface area contributed by atoms with Crippen molar-refractivity contribution >= 4 is 19.1 Å². The van der Waals surface area contributed by atoms with E-state index < -0.39 is 0 Å². The van der Waals surface area contributed by atoms with Crippen LogP contribution in [0.15, 0.2) is 12.1 Å². The lowest BCUT2D eigenvalue weighted by molar-refractivity contribution is 0.101. The molecule has 2 radical (unpaired) electrons. The van der Waals surface area contributed by atoms with Gasteiger partial charge in [0.1, 0.15) is 7.85 Å². The second-order valence-electron chi connectivity index (χ2n) is 2.67. The predicted octanol–water partition coefficient (Wildman–Crippen LogP) is 0.397. The van der Waals surface area contributed by atoms with Gasteiger partial charge < -0.3 is 9.84 Å². The first-order valence-electron chi connectivity index (χ1n) is 3.73. The normalized spacial score (nSPS) is 9.69. The number of aromatic hydroxyl groups is 1. The average molecular weight is 176 g/mol. The van der Waals surface area contributed by atoms with Crippen LogP contribution in [0.4, 0.5) is 0 Å². The SMILES string of the molecule is [B]c1cc(OC)c(O)cc1C(C)=O. The molecule has 0 amide bonds. The van der Waals surface area contributed by atoms with Gasteiger partial charge >= 0.3 is 0 Å². The Morgan fingerprint density at radius 2 is 2.15 bits per heavy atom. The number of ketones is 1. The highest BCUT2D eigenvalue weighted by Gasteiger charge is 2.08. The zero-order chi connectivity index (χ0) is 10.0. The van der Waals surface area contributed by atoms with E-state index in [4.69, 9.17) is 12.6 Å². The average Bonchev–Trinajstić information content (AvgIpc) is 2.07. The van der Waals surface area contributed by atoms with Crippen molar-refractivity contribution in [3.05, 3.63) is 17.7 Å². The first kappa shape index (κ1) is 9.64. The van der Waals surface area contributed by atoms with E-state index in [-0.39, 0.29) is 17.3 Å². The molecule has 13 heavy (non-hydrogen) atoms. The minimum atomic E-state index is -0.185. The molecule has 0 saturated carbocycles. The van der Waals surface area contributed by atoms with E-state index in [1.807, 2.05) is 0 Å². The smallest absolute Gasteiger partial charge is 0.159 e. The first-order valence-corrected chi connectivity index (χ1v) is 3.73. The number of benzene rings is 1. The maximum absolute atomic E-state index is 11.0. The molecule has 0 heterocycles. The van der Waals surface area contributed by atoms with Crippen LogP contribution in [-0.4, -0.2) is 25.8 Å². The summed E-state index contributed by atoms with van der Waals surface area (Å²) < 4.78 is 4.82. The van der Waals surface area contributed by atoms with Gasteiger partial charge in [-0.2, -0.15) is 0 Å². The molecule has 1 rings (SSSR count). The second kappa shape index (κ2) is 3.52. The molecular weight excluding hydrogens is 167 g/mol. The third-order valence-electron chi connectivity index (χ3n) is 1.73. The van der Waals surface area contributed by atoms with E-state index in [0.717, 1.165) is 0 Å². The molecule has 1 aromatic carbocycles. The molecule has 0 atom stereocenters. The van der Waals surface area contributed by atoms with Crippen molar-refractivity contribution in [1.82, 2.24) is 0 Å². The second-order valence-corrected chi connectivity index (χ2v) is 2.67. The quantitative estimate of drug-likeness (QED) is 0.523. The maximum atomic E-state index is 11.0. The van der Waals surface area contributed by atoms with Crippen LogP contribution in [-0.2, 0) is 0 Å². The number of phenols is 1. The van der Waals surface area contributed by atoms with Gasteiger partial charge in [-0.25, -0.2) is 0 Å². The summed E-state index contributed by atoms with van der Waals surface area (Å²) in [6, 6.07) is 2.72. The Balaban J connectivity index is 3.28. The Morgan fingerprint density at radius 1 is 1.54 bits per heavy atom.